The van der Waals surface area contributed by atoms with Crippen molar-refractivity contribution in [2.75, 3.05) is 6.61 Å². The van der Waals surface area contributed by atoms with Gasteiger partial charge in [-0.05, 0) is 62.9 Å². The highest BCUT2D eigenvalue weighted by Crippen LogP contribution is 2.38. The lowest BCUT2D eigenvalue weighted by molar-refractivity contribution is -0.154. The summed E-state index contributed by atoms with van der Waals surface area (Å²) >= 11 is 0. The minimum Gasteiger partial charge on any atom is -0.481 e. The first-order chi connectivity index (χ1) is 14.8. The molecule has 0 fully saturated rings. The van der Waals surface area contributed by atoms with Crippen LogP contribution in [0.2, 0.25) is 0 Å². The fraction of sp³-hybridized carbons (Fsp3) is 0.222. The van der Waals surface area contributed by atoms with Gasteiger partial charge in [0.05, 0.1) is 0 Å². The van der Waals surface area contributed by atoms with E-state index in [2.05, 4.69) is 35.3 Å². The SMILES string of the molecule is C#Cc1ccc[s+]1-c1cc(C)c(OCC(=O)OC(C)(C)C#Cc2ccccc2)c(C)c1. The van der Waals surface area contributed by atoms with Crippen molar-refractivity contribution in [3.05, 3.63) is 81.5 Å². The fourth-order valence-corrected chi connectivity index (χ4v) is 4.90. The van der Waals surface area contributed by atoms with E-state index in [1.54, 1.807) is 13.8 Å². The number of hydrogen-bond donors (Lipinski definition) is 0. The minimum atomic E-state index is -0.919. The third-order valence-corrected chi connectivity index (χ3v) is 6.41. The summed E-state index contributed by atoms with van der Waals surface area (Å²) in [7, 11) is -0.220. The summed E-state index contributed by atoms with van der Waals surface area (Å²) in [5.74, 6) is 9.01. The molecule has 3 nitrogen and oxygen atoms in total. The number of hydrogen-bond acceptors (Lipinski definition) is 3. The molecule has 0 bridgehead atoms. The van der Waals surface area contributed by atoms with E-state index in [-0.39, 0.29) is 17.1 Å². The number of aryl methyl sites for hydroxylation is 2. The van der Waals surface area contributed by atoms with E-state index >= 15 is 0 Å². The Balaban J connectivity index is 1.66. The van der Waals surface area contributed by atoms with Gasteiger partial charge in [-0.1, -0.05) is 30.0 Å². The van der Waals surface area contributed by atoms with Crippen molar-refractivity contribution in [3.8, 4) is 34.8 Å². The Labute approximate surface area is 187 Å². The summed E-state index contributed by atoms with van der Waals surface area (Å²) in [6, 6.07) is 17.7. The van der Waals surface area contributed by atoms with Crippen LogP contribution in [0.4, 0.5) is 0 Å². The monoisotopic (exact) mass is 429 g/mol. The molecule has 2 aromatic carbocycles. The predicted molar refractivity (Wildman–Crippen MR) is 127 cm³/mol. The molecule has 0 radical (unpaired) electrons. The standard InChI is InChI=1S/C27H25O3S/c1-6-23-13-10-16-31(23)24-17-20(2)26(21(3)18-24)29-19-25(28)30-27(4,5)15-14-22-11-8-7-9-12-22/h1,7-13,16-18H,19H2,2-5H3/q+1. The second-order valence-electron chi connectivity index (χ2n) is 7.62. The van der Waals surface area contributed by atoms with Crippen molar-refractivity contribution >= 4 is 16.4 Å². The van der Waals surface area contributed by atoms with E-state index in [1.807, 2.05) is 56.3 Å². The molecule has 0 saturated carbocycles. The van der Waals surface area contributed by atoms with Crippen LogP contribution in [0.15, 0.2) is 60.0 Å². The minimum absolute atomic E-state index is 0.182. The number of esters is 1. The molecule has 3 aromatic rings. The van der Waals surface area contributed by atoms with E-state index < -0.39 is 11.6 Å². The molecule has 0 aliphatic rings. The number of carbonyl (C=O) groups is 1. The molecule has 1 aromatic heterocycles. The predicted octanol–water partition coefficient (Wildman–Crippen LogP) is 5.78. The molecule has 4 heteroatoms. The number of thiophene rings is 1. The maximum absolute atomic E-state index is 12.4. The first-order valence-electron chi connectivity index (χ1n) is 9.91. The molecular weight excluding hydrogens is 404 g/mol. The van der Waals surface area contributed by atoms with Crippen LogP contribution in [-0.4, -0.2) is 18.2 Å². The first-order valence-corrected chi connectivity index (χ1v) is 11.2. The van der Waals surface area contributed by atoms with Gasteiger partial charge in [0.2, 0.25) is 4.88 Å². The van der Waals surface area contributed by atoms with Gasteiger partial charge in [0, 0.05) is 34.2 Å². The Morgan fingerprint density at radius 3 is 2.39 bits per heavy atom. The summed E-state index contributed by atoms with van der Waals surface area (Å²) in [5.41, 5.74) is 1.86. The number of rotatable bonds is 5. The van der Waals surface area contributed by atoms with Crippen LogP contribution >= 0.6 is 10.5 Å². The molecule has 3 rings (SSSR count). The van der Waals surface area contributed by atoms with Gasteiger partial charge in [0.15, 0.2) is 17.1 Å². The number of carbonyl (C=O) groups excluding carboxylic acids is 1. The van der Waals surface area contributed by atoms with Crippen molar-refractivity contribution in [2.24, 2.45) is 0 Å². The number of ether oxygens (including phenoxy) is 2. The topological polar surface area (TPSA) is 35.5 Å². The van der Waals surface area contributed by atoms with E-state index in [4.69, 9.17) is 15.9 Å². The van der Waals surface area contributed by atoms with Crippen molar-refractivity contribution in [1.29, 1.82) is 0 Å². The third kappa shape index (κ3) is 5.79. The van der Waals surface area contributed by atoms with Gasteiger partial charge in [0.25, 0.3) is 0 Å². The zero-order valence-electron chi connectivity index (χ0n) is 18.2. The summed E-state index contributed by atoms with van der Waals surface area (Å²) in [4.78, 5) is 14.5. The first kappa shape index (κ1) is 22.2. The lowest BCUT2D eigenvalue weighted by atomic mass is 10.1. The van der Waals surface area contributed by atoms with E-state index in [1.165, 1.54) is 0 Å². The van der Waals surface area contributed by atoms with Gasteiger partial charge in [-0.25, -0.2) is 4.79 Å². The Hall–Kier alpha value is -3.47. The van der Waals surface area contributed by atoms with Gasteiger partial charge < -0.3 is 9.47 Å². The molecule has 0 aliphatic heterocycles. The van der Waals surface area contributed by atoms with Crippen LogP contribution in [-0.2, 0) is 9.53 Å². The molecule has 0 saturated heterocycles. The molecule has 156 valence electrons. The molecule has 31 heavy (non-hydrogen) atoms. The molecule has 0 N–H and O–H groups in total. The summed E-state index contributed by atoms with van der Waals surface area (Å²) in [5, 5.41) is 2.11. The average molecular weight is 430 g/mol. The molecule has 0 amide bonds. The van der Waals surface area contributed by atoms with Crippen LogP contribution < -0.4 is 4.74 Å². The van der Waals surface area contributed by atoms with Gasteiger partial charge >= 0.3 is 5.97 Å². The Morgan fingerprint density at radius 1 is 1.06 bits per heavy atom. The number of terminal acetylenes is 1. The zero-order valence-corrected chi connectivity index (χ0v) is 19.0. The molecule has 1 atom stereocenters. The van der Waals surface area contributed by atoms with Gasteiger partial charge in [-0.3, -0.25) is 0 Å². The summed E-state index contributed by atoms with van der Waals surface area (Å²) < 4.78 is 11.3. The Kier molecular flexibility index (Phi) is 6.85. The highest BCUT2D eigenvalue weighted by Gasteiger charge is 2.22. The van der Waals surface area contributed by atoms with Crippen molar-refractivity contribution < 1.29 is 14.3 Å². The summed E-state index contributed by atoms with van der Waals surface area (Å²) in [6.07, 6.45) is 5.62. The Morgan fingerprint density at radius 2 is 1.74 bits per heavy atom. The van der Waals surface area contributed by atoms with Crippen LogP contribution in [0.5, 0.6) is 5.75 Å². The third-order valence-electron chi connectivity index (χ3n) is 4.51. The molecule has 0 aliphatic carbocycles. The maximum atomic E-state index is 12.4. The van der Waals surface area contributed by atoms with Crippen LogP contribution in [0.1, 0.15) is 35.4 Å². The summed E-state index contributed by atoms with van der Waals surface area (Å²) in [6.45, 7) is 7.28. The average Bonchev–Trinajstić information content (AvgIpc) is 3.21. The Bertz CT molecular complexity index is 1160. The van der Waals surface area contributed by atoms with E-state index in [0.29, 0.717) is 5.75 Å². The smallest absolute Gasteiger partial charge is 0.345 e. The van der Waals surface area contributed by atoms with Crippen LogP contribution in [0.3, 0.4) is 0 Å². The molecule has 1 unspecified atom stereocenters. The highest BCUT2D eigenvalue weighted by molar-refractivity contribution is 7.38. The fourth-order valence-electron chi connectivity index (χ4n) is 3.15. The van der Waals surface area contributed by atoms with Gasteiger partial charge in [-0.15, -0.1) is 6.42 Å². The van der Waals surface area contributed by atoms with Crippen molar-refractivity contribution in [2.45, 2.75) is 33.3 Å². The molecule has 0 spiro atoms. The second kappa shape index (κ2) is 9.56. The molecule has 1 heterocycles. The van der Waals surface area contributed by atoms with Gasteiger partial charge in [-0.2, -0.15) is 0 Å². The largest absolute Gasteiger partial charge is 0.481 e. The zero-order chi connectivity index (χ0) is 22.4. The van der Waals surface area contributed by atoms with E-state index in [0.717, 1.165) is 26.5 Å². The lowest BCUT2D eigenvalue weighted by Crippen LogP contribution is -2.29. The second-order valence-corrected chi connectivity index (χ2v) is 9.48. The molecular formula is C27H25O3S+. The quantitative estimate of drug-likeness (QED) is 0.293. The lowest BCUT2D eigenvalue weighted by Gasteiger charge is -2.19. The van der Waals surface area contributed by atoms with Crippen LogP contribution in [0.25, 0.3) is 4.90 Å². The van der Waals surface area contributed by atoms with E-state index in [9.17, 15) is 4.79 Å². The van der Waals surface area contributed by atoms with Crippen molar-refractivity contribution in [3.63, 3.8) is 0 Å². The number of benzene rings is 2. The normalized spacial score (nSPS) is 11.1. The van der Waals surface area contributed by atoms with Crippen LogP contribution in [0, 0.1) is 38.0 Å². The maximum Gasteiger partial charge on any atom is 0.345 e. The highest BCUT2D eigenvalue weighted by atomic mass is 32.2. The van der Waals surface area contributed by atoms with Gasteiger partial charge in [0.1, 0.15) is 11.1 Å². The van der Waals surface area contributed by atoms with Crippen molar-refractivity contribution in [1.82, 2.24) is 0 Å².